The minimum absolute atomic E-state index is 0.969. The summed E-state index contributed by atoms with van der Waals surface area (Å²) in [5.41, 5.74) is 0. The summed E-state index contributed by atoms with van der Waals surface area (Å²) in [6.07, 6.45) is 39.8. The van der Waals surface area contributed by atoms with Crippen LogP contribution >= 0.6 is 0 Å². The van der Waals surface area contributed by atoms with Gasteiger partial charge in [0.1, 0.15) is 0 Å². The third-order valence-electron chi connectivity index (χ3n) is 7.35. The Kier molecular flexibility index (Phi) is 28.0. The Balaban J connectivity index is 3.09. The molecule has 0 fully saturated rings. The predicted molar refractivity (Wildman–Crippen MR) is 145 cm³/mol. The van der Waals surface area contributed by atoms with Gasteiger partial charge >= 0.3 is 0 Å². The normalized spacial score (nSPS) is 12.5. The van der Waals surface area contributed by atoms with Gasteiger partial charge in [-0.3, -0.25) is 0 Å². The summed E-state index contributed by atoms with van der Waals surface area (Å²) in [4.78, 5) is 0. The second-order valence-electron chi connectivity index (χ2n) is 10.8. The third kappa shape index (κ3) is 28.0. The molecule has 0 rings (SSSR count). The summed E-state index contributed by atoms with van der Waals surface area (Å²) in [6.45, 7) is 7.10. The van der Waals surface area contributed by atoms with Crippen LogP contribution in [0, 0.1) is 5.92 Å². The van der Waals surface area contributed by atoms with Crippen molar-refractivity contribution < 1.29 is 0 Å². The van der Waals surface area contributed by atoms with E-state index in [9.17, 15) is 0 Å². The monoisotopic (exact) mass is 437 g/mol. The number of unbranched alkanes of at least 4 members (excludes halogenated alkanes) is 23. The van der Waals surface area contributed by atoms with Crippen molar-refractivity contribution in [2.75, 3.05) is 0 Å². The lowest BCUT2D eigenvalue weighted by Crippen LogP contribution is -1.95. The Labute approximate surface area is 200 Å². The number of hydrogen-bond acceptors (Lipinski definition) is 0. The van der Waals surface area contributed by atoms with Gasteiger partial charge in [0.25, 0.3) is 0 Å². The van der Waals surface area contributed by atoms with Crippen molar-refractivity contribution in [3.05, 3.63) is 0 Å². The van der Waals surface area contributed by atoms with Crippen LogP contribution in [0.15, 0.2) is 0 Å². The van der Waals surface area contributed by atoms with E-state index in [1.165, 1.54) is 173 Å². The smallest absolute Gasteiger partial charge is 0.0443 e. The summed E-state index contributed by atoms with van der Waals surface area (Å²) >= 11 is 0. The standard InChI is InChI=1S/C31H64/c1-4-6-8-10-12-13-14-15-16-17-18-19-20-21-22-23-24-26-28-30-31(3)29-27-25-11-9-7-5-2/h31H,4-30H2,1-3H3. The van der Waals surface area contributed by atoms with Crippen molar-refractivity contribution in [3.63, 3.8) is 0 Å². The van der Waals surface area contributed by atoms with Crippen LogP contribution in [0.4, 0.5) is 0 Å². The second kappa shape index (κ2) is 28.0. The molecule has 0 radical (unpaired) electrons. The van der Waals surface area contributed by atoms with Gasteiger partial charge in [0.05, 0.1) is 0 Å². The molecule has 0 amide bonds. The Morgan fingerprint density at radius 1 is 0.290 bits per heavy atom. The largest absolute Gasteiger partial charge is 0.0654 e. The summed E-state index contributed by atoms with van der Waals surface area (Å²) in [6, 6.07) is 0. The molecule has 0 aliphatic carbocycles. The van der Waals surface area contributed by atoms with Gasteiger partial charge in [0.15, 0.2) is 0 Å². The molecule has 1 atom stereocenters. The van der Waals surface area contributed by atoms with E-state index in [1.54, 1.807) is 0 Å². The molecule has 0 N–H and O–H groups in total. The van der Waals surface area contributed by atoms with Crippen LogP contribution in [0.2, 0.25) is 0 Å². The molecule has 0 aliphatic rings. The van der Waals surface area contributed by atoms with E-state index in [2.05, 4.69) is 20.8 Å². The number of hydrogen-bond donors (Lipinski definition) is 0. The third-order valence-corrected chi connectivity index (χ3v) is 7.35. The van der Waals surface area contributed by atoms with E-state index < -0.39 is 0 Å². The molecule has 0 aromatic rings. The van der Waals surface area contributed by atoms with Gasteiger partial charge in [-0.25, -0.2) is 0 Å². The van der Waals surface area contributed by atoms with Crippen molar-refractivity contribution in [1.29, 1.82) is 0 Å². The highest BCUT2D eigenvalue weighted by molar-refractivity contribution is 4.56. The molecule has 0 saturated heterocycles. The zero-order valence-electron chi connectivity index (χ0n) is 22.7. The maximum Gasteiger partial charge on any atom is -0.0443 e. The fourth-order valence-electron chi connectivity index (χ4n) is 4.99. The summed E-state index contributed by atoms with van der Waals surface area (Å²) in [5.74, 6) is 0.969. The molecule has 0 bridgehead atoms. The molecule has 0 aromatic carbocycles. The molecule has 0 heteroatoms. The Morgan fingerprint density at radius 2 is 0.484 bits per heavy atom. The minimum atomic E-state index is 0.969. The lowest BCUT2D eigenvalue weighted by atomic mass is 9.96. The van der Waals surface area contributed by atoms with Gasteiger partial charge < -0.3 is 0 Å². The van der Waals surface area contributed by atoms with Crippen molar-refractivity contribution in [3.8, 4) is 0 Å². The first-order valence-electron chi connectivity index (χ1n) is 15.3. The number of rotatable bonds is 27. The van der Waals surface area contributed by atoms with E-state index in [1.807, 2.05) is 0 Å². The molecular formula is C31H64. The zero-order valence-corrected chi connectivity index (χ0v) is 22.7. The first kappa shape index (κ1) is 31.0. The first-order chi connectivity index (χ1) is 15.3. The average Bonchev–Trinajstić information content (AvgIpc) is 2.77. The average molecular weight is 437 g/mol. The fourth-order valence-corrected chi connectivity index (χ4v) is 4.99. The summed E-state index contributed by atoms with van der Waals surface area (Å²) in [7, 11) is 0. The highest BCUT2D eigenvalue weighted by atomic mass is 14.1. The SMILES string of the molecule is CCCCCCCCCCCCCCCCCCCCCC(C)CCCCCCCC. The topological polar surface area (TPSA) is 0 Å². The van der Waals surface area contributed by atoms with Crippen LogP contribution in [0.3, 0.4) is 0 Å². The first-order valence-corrected chi connectivity index (χ1v) is 15.3. The molecule has 0 aliphatic heterocycles. The maximum atomic E-state index is 2.49. The van der Waals surface area contributed by atoms with Crippen molar-refractivity contribution >= 4 is 0 Å². The predicted octanol–water partition coefficient (Wildman–Crippen LogP) is 12.2. The van der Waals surface area contributed by atoms with Crippen LogP contribution in [0.5, 0.6) is 0 Å². The van der Waals surface area contributed by atoms with Gasteiger partial charge in [-0.05, 0) is 5.92 Å². The maximum absolute atomic E-state index is 2.49. The Bertz CT molecular complexity index is 294. The highest BCUT2D eigenvalue weighted by Crippen LogP contribution is 2.19. The molecule has 0 aromatic heterocycles. The van der Waals surface area contributed by atoms with E-state index >= 15 is 0 Å². The van der Waals surface area contributed by atoms with E-state index in [0.29, 0.717) is 0 Å². The van der Waals surface area contributed by atoms with Gasteiger partial charge in [0, 0.05) is 0 Å². The van der Waals surface area contributed by atoms with Gasteiger partial charge in [-0.2, -0.15) is 0 Å². The van der Waals surface area contributed by atoms with Crippen LogP contribution in [0.1, 0.15) is 194 Å². The Morgan fingerprint density at radius 3 is 0.710 bits per heavy atom. The van der Waals surface area contributed by atoms with E-state index in [-0.39, 0.29) is 0 Å². The zero-order chi connectivity index (χ0) is 22.7. The van der Waals surface area contributed by atoms with Gasteiger partial charge in [-0.1, -0.05) is 194 Å². The van der Waals surface area contributed by atoms with Crippen molar-refractivity contribution in [1.82, 2.24) is 0 Å². The van der Waals surface area contributed by atoms with Crippen LogP contribution in [-0.2, 0) is 0 Å². The van der Waals surface area contributed by atoms with E-state index in [4.69, 9.17) is 0 Å². The van der Waals surface area contributed by atoms with Crippen molar-refractivity contribution in [2.45, 2.75) is 194 Å². The highest BCUT2D eigenvalue weighted by Gasteiger charge is 2.02. The van der Waals surface area contributed by atoms with E-state index in [0.717, 1.165) is 5.92 Å². The fraction of sp³-hybridized carbons (Fsp3) is 1.00. The molecule has 0 spiro atoms. The van der Waals surface area contributed by atoms with Crippen LogP contribution in [0.25, 0.3) is 0 Å². The minimum Gasteiger partial charge on any atom is -0.0654 e. The molecule has 188 valence electrons. The molecule has 1 unspecified atom stereocenters. The molecule has 0 saturated carbocycles. The molecule has 31 heavy (non-hydrogen) atoms. The van der Waals surface area contributed by atoms with Gasteiger partial charge in [-0.15, -0.1) is 0 Å². The summed E-state index contributed by atoms with van der Waals surface area (Å²) < 4.78 is 0. The lowest BCUT2D eigenvalue weighted by Gasteiger charge is -2.11. The Hall–Kier alpha value is 0. The molecule has 0 heterocycles. The quantitative estimate of drug-likeness (QED) is 0.112. The molecule has 0 nitrogen and oxygen atoms in total. The summed E-state index contributed by atoms with van der Waals surface area (Å²) in [5, 5.41) is 0. The van der Waals surface area contributed by atoms with Gasteiger partial charge in [0.2, 0.25) is 0 Å². The van der Waals surface area contributed by atoms with Crippen molar-refractivity contribution in [2.24, 2.45) is 5.92 Å². The second-order valence-corrected chi connectivity index (χ2v) is 10.8. The lowest BCUT2D eigenvalue weighted by molar-refractivity contribution is 0.430. The van der Waals surface area contributed by atoms with Crippen LogP contribution < -0.4 is 0 Å². The van der Waals surface area contributed by atoms with Crippen LogP contribution in [-0.4, -0.2) is 0 Å². The molecular weight excluding hydrogens is 372 g/mol.